The molecule has 9 heteroatoms. The highest BCUT2D eigenvalue weighted by molar-refractivity contribution is 9.10. The Bertz CT molecular complexity index is 850. The second-order valence-electron chi connectivity index (χ2n) is 3.74. The Morgan fingerprint density at radius 1 is 1.29 bits per heavy atom. The number of rotatable bonds is 3. The summed E-state index contributed by atoms with van der Waals surface area (Å²) >= 11 is 14.7. The summed E-state index contributed by atoms with van der Waals surface area (Å²) in [4.78, 5) is 3.43. The topological polar surface area (TPSA) is 80.0 Å². The number of pyridine rings is 1. The highest BCUT2D eigenvalue weighted by Crippen LogP contribution is 2.30. The molecule has 0 aliphatic heterocycles. The molecule has 0 saturated carbocycles. The molecule has 0 saturated heterocycles. The van der Waals surface area contributed by atoms with Crippen molar-refractivity contribution in [2.75, 3.05) is 0 Å². The minimum atomic E-state index is -4.20. The first-order chi connectivity index (χ1) is 9.83. The molecule has 108 valence electrons. The van der Waals surface area contributed by atoms with Crippen molar-refractivity contribution in [1.29, 1.82) is 5.26 Å². The third-order valence-electron chi connectivity index (χ3n) is 2.30. The molecule has 0 spiro atoms. The molecule has 0 fully saturated rings. The van der Waals surface area contributed by atoms with E-state index in [0.717, 1.165) is 0 Å². The second kappa shape index (κ2) is 6.20. The van der Waals surface area contributed by atoms with Crippen LogP contribution in [0.2, 0.25) is 10.2 Å². The quantitative estimate of drug-likeness (QED) is 0.571. The van der Waals surface area contributed by atoms with Gasteiger partial charge in [0.1, 0.15) is 4.90 Å². The van der Waals surface area contributed by atoms with E-state index in [0.29, 0.717) is 4.47 Å². The van der Waals surface area contributed by atoms with Crippen molar-refractivity contribution in [3.8, 4) is 11.8 Å². The van der Waals surface area contributed by atoms with Crippen LogP contribution in [0.3, 0.4) is 0 Å². The predicted molar refractivity (Wildman–Crippen MR) is 80.9 cm³/mol. The highest BCUT2D eigenvalue weighted by Gasteiger charge is 2.23. The molecule has 0 aliphatic rings. The number of halogens is 3. The molecule has 21 heavy (non-hydrogen) atoms. The van der Waals surface area contributed by atoms with Gasteiger partial charge in [-0.05, 0) is 40.2 Å². The van der Waals surface area contributed by atoms with E-state index in [-0.39, 0.29) is 26.4 Å². The second-order valence-corrected chi connectivity index (χ2v) is 6.93. The van der Waals surface area contributed by atoms with E-state index in [2.05, 4.69) is 20.9 Å². The van der Waals surface area contributed by atoms with Crippen molar-refractivity contribution in [2.45, 2.75) is 4.90 Å². The largest absolute Gasteiger partial charge is 0.377 e. The first kappa shape index (κ1) is 16.0. The third kappa shape index (κ3) is 3.66. The summed E-state index contributed by atoms with van der Waals surface area (Å²) < 4.78 is 29.8. The molecule has 1 aromatic carbocycles. The molecule has 1 aromatic heterocycles. The van der Waals surface area contributed by atoms with E-state index in [4.69, 9.17) is 32.6 Å². The van der Waals surface area contributed by atoms with Gasteiger partial charge in [-0.2, -0.15) is 13.7 Å². The van der Waals surface area contributed by atoms with Crippen molar-refractivity contribution in [1.82, 2.24) is 4.98 Å². The number of hydrogen-bond donors (Lipinski definition) is 0. The van der Waals surface area contributed by atoms with Crippen molar-refractivity contribution >= 4 is 49.2 Å². The van der Waals surface area contributed by atoms with Crippen LogP contribution in [-0.4, -0.2) is 13.4 Å². The number of hydrogen-bond acceptors (Lipinski definition) is 5. The average Bonchev–Trinajstić information content (AvgIpc) is 2.43. The summed E-state index contributed by atoms with van der Waals surface area (Å²) in [6.07, 6.45) is 1.36. The first-order valence-corrected chi connectivity index (χ1v) is 8.24. The Morgan fingerprint density at radius 3 is 2.62 bits per heavy atom. The number of aromatic nitrogens is 1. The maximum atomic E-state index is 12.2. The third-order valence-corrected chi connectivity index (χ3v) is 4.69. The summed E-state index contributed by atoms with van der Waals surface area (Å²) in [5.74, 6) is -0.105. The van der Waals surface area contributed by atoms with Crippen molar-refractivity contribution in [3.05, 3.63) is 50.7 Å². The van der Waals surface area contributed by atoms with Gasteiger partial charge in [-0.25, -0.2) is 4.98 Å². The van der Waals surface area contributed by atoms with E-state index >= 15 is 0 Å². The Labute approximate surface area is 139 Å². The maximum Gasteiger partial charge on any atom is 0.342 e. The fraction of sp³-hybridized carbons (Fsp3) is 0. The molecule has 1 heterocycles. The van der Waals surface area contributed by atoms with Gasteiger partial charge in [0.15, 0.2) is 10.9 Å². The number of nitriles is 1. The Morgan fingerprint density at radius 2 is 2.00 bits per heavy atom. The molecule has 0 N–H and O–H groups in total. The van der Waals surface area contributed by atoms with Crippen molar-refractivity contribution < 1.29 is 12.6 Å². The highest BCUT2D eigenvalue weighted by atomic mass is 79.9. The monoisotopic (exact) mass is 406 g/mol. The van der Waals surface area contributed by atoms with Crippen LogP contribution in [0, 0.1) is 11.3 Å². The van der Waals surface area contributed by atoms with Crippen LogP contribution >= 0.6 is 39.1 Å². The summed E-state index contributed by atoms with van der Waals surface area (Å²) in [6, 6.07) is 7.12. The van der Waals surface area contributed by atoms with Crippen LogP contribution in [0.5, 0.6) is 5.75 Å². The molecule has 0 aliphatic carbocycles. The van der Waals surface area contributed by atoms with Crippen molar-refractivity contribution in [3.63, 3.8) is 0 Å². The van der Waals surface area contributed by atoms with Crippen LogP contribution in [0.4, 0.5) is 0 Å². The Balaban J connectivity index is 2.43. The van der Waals surface area contributed by atoms with E-state index in [1.165, 1.54) is 30.5 Å². The van der Waals surface area contributed by atoms with Gasteiger partial charge in [-0.3, -0.25) is 0 Å². The molecule has 0 unspecified atom stereocenters. The van der Waals surface area contributed by atoms with E-state index in [1.54, 1.807) is 0 Å². The SMILES string of the molecule is N#Cc1ccc(OS(=O)(=O)c2cc(Br)cnc2Cl)c(Cl)c1. The number of benzene rings is 1. The van der Waals surface area contributed by atoms with Gasteiger partial charge in [0.2, 0.25) is 0 Å². The molecule has 0 radical (unpaired) electrons. The molecule has 2 aromatic rings. The van der Waals surface area contributed by atoms with Gasteiger partial charge in [0, 0.05) is 10.7 Å². The minimum Gasteiger partial charge on any atom is -0.377 e. The van der Waals surface area contributed by atoms with Gasteiger partial charge >= 0.3 is 10.1 Å². The van der Waals surface area contributed by atoms with E-state index < -0.39 is 10.1 Å². The standard InChI is InChI=1S/C12H5BrCl2N2O3S/c13-8-4-11(12(15)17-6-8)21(18,19)20-10-2-1-7(5-16)3-9(10)14/h1-4,6H. The normalized spacial score (nSPS) is 11.0. The molecule has 2 rings (SSSR count). The maximum absolute atomic E-state index is 12.2. The summed E-state index contributed by atoms with van der Waals surface area (Å²) in [7, 11) is -4.20. The summed E-state index contributed by atoms with van der Waals surface area (Å²) in [5.41, 5.74) is 0.284. The van der Waals surface area contributed by atoms with Gasteiger partial charge in [0.25, 0.3) is 0 Å². The molecule has 0 amide bonds. The number of nitrogens with zero attached hydrogens (tertiary/aromatic N) is 2. The predicted octanol–water partition coefficient (Wildman–Crippen LogP) is 3.79. The molecule has 0 bridgehead atoms. The van der Waals surface area contributed by atoms with Gasteiger partial charge in [-0.15, -0.1) is 0 Å². The average molecular weight is 408 g/mol. The molecular formula is C12H5BrCl2N2O3S. The van der Waals surface area contributed by atoms with Crippen LogP contribution in [0.25, 0.3) is 0 Å². The van der Waals surface area contributed by atoms with E-state index in [9.17, 15) is 8.42 Å². The van der Waals surface area contributed by atoms with Gasteiger partial charge in [-0.1, -0.05) is 23.2 Å². The lowest BCUT2D eigenvalue weighted by molar-refractivity contribution is 0.486. The zero-order valence-electron chi connectivity index (χ0n) is 10.0. The lowest BCUT2D eigenvalue weighted by Crippen LogP contribution is -2.11. The first-order valence-electron chi connectivity index (χ1n) is 5.28. The van der Waals surface area contributed by atoms with E-state index in [1.807, 2.05) is 6.07 Å². The minimum absolute atomic E-state index is 0.00305. The Kier molecular flexibility index (Phi) is 4.74. The lowest BCUT2D eigenvalue weighted by atomic mass is 10.2. The zero-order chi connectivity index (χ0) is 15.6. The fourth-order valence-electron chi connectivity index (χ4n) is 1.38. The summed E-state index contributed by atoms with van der Waals surface area (Å²) in [6.45, 7) is 0. The summed E-state index contributed by atoms with van der Waals surface area (Å²) in [5, 5.41) is 8.51. The molecule has 5 nitrogen and oxygen atoms in total. The van der Waals surface area contributed by atoms with Gasteiger partial charge < -0.3 is 4.18 Å². The van der Waals surface area contributed by atoms with Crippen LogP contribution in [-0.2, 0) is 10.1 Å². The van der Waals surface area contributed by atoms with Crippen molar-refractivity contribution in [2.24, 2.45) is 0 Å². The smallest absolute Gasteiger partial charge is 0.342 e. The molecule has 0 atom stereocenters. The fourth-order valence-corrected chi connectivity index (χ4v) is 3.52. The van der Waals surface area contributed by atoms with Crippen LogP contribution in [0.15, 0.2) is 39.8 Å². The lowest BCUT2D eigenvalue weighted by Gasteiger charge is -2.09. The Hall–Kier alpha value is -1.33. The zero-order valence-corrected chi connectivity index (χ0v) is 14.0. The van der Waals surface area contributed by atoms with Crippen LogP contribution in [0.1, 0.15) is 5.56 Å². The van der Waals surface area contributed by atoms with Crippen LogP contribution < -0.4 is 4.18 Å². The molecular weight excluding hydrogens is 403 g/mol. The van der Waals surface area contributed by atoms with Gasteiger partial charge in [0.05, 0.1) is 16.7 Å².